The van der Waals surface area contributed by atoms with E-state index in [1.165, 1.54) is 11.8 Å². The number of carbonyl (C=O) groups is 1. The van der Waals surface area contributed by atoms with Gasteiger partial charge in [0.1, 0.15) is 0 Å². The number of β-amino-alcohol motifs (C(OH)–C–C–N with tert-alkyl or cyclic N) is 1. The molecule has 1 saturated heterocycles. The van der Waals surface area contributed by atoms with Crippen LogP contribution in [0.15, 0.2) is 52.4 Å². The Morgan fingerprint density at radius 1 is 1.00 bits per heavy atom. The molecule has 0 unspecified atom stereocenters. The first-order valence-corrected chi connectivity index (χ1v) is 11.3. The summed E-state index contributed by atoms with van der Waals surface area (Å²) in [6.45, 7) is 5.79. The zero-order chi connectivity index (χ0) is 19.3. The number of halogens is 2. The van der Waals surface area contributed by atoms with Crippen molar-refractivity contribution in [3.63, 3.8) is 0 Å². The lowest BCUT2D eigenvalue weighted by molar-refractivity contribution is 0.117. The predicted octanol–water partition coefficient (Wildman–Crippen LogP) is 3.99. The van der Waals surface area contributed by atoms with E-state index in [1.807, 2.05) is 36.4 Å². The van der Waals surface area contributed by atoms with Gasteiger partial charge in [0.2, 0.25) is 0 Å². The number of hydrogen-bond donors (Lipinski definition) is 1. The van der Waals surface area contributed by atoms with Gasteiger partial charge in [-0.1, -0.05) is 35.7 Å². The third kappa shape index (κ3) is 5.82. The smallest absolute Gasteiger partial charge is 0.291 e. The second-order valence-corrected chi connectivity index (χ2v) is 8.88. The van der Waals surface area contributed by atoms with Crippen molar-refractivity contribution < 1.29 is 9.90 Å². The SMILES string of the molecule is Cl.Cl.O=C(SCCN1CCN(CCO)CC1)N1c2ccccc2Sc2cccnc21. The van der Waals surface area contributed by atoms with Crippen LogP contribution in [0.25, 0.3) is 0 Å². The van der Waals surface area contributed by atoms with Crippen LogP contribution in [-0.4, -0.2) is 76.8 Å². The molecule has 2 aliphatic rings. The van der Waals surface area contributed by atoms with Crippen molar-refractivity contribution in [1.29, 1.82) is 0 Å². The molecule has 0 radical (unpaired) electrons. The van der Waals surface area contributed by atoms with Gasteiger partial charge in [-0.25, -0.2) is 4.98 Å². The van der Waals surface area contributed by atoms with Crippen LogP contribution >= 0.6 is 48.3 Å². The van der Waals surface area contributed by atoms with E-state index < -0.39 is 0 Å². The number of aliphatic hydroxyl groups excluding tert-OH is 1. The normalized spacial score (nSPS) is 16.1. The first-order valence-electron chi connectivity index (χ1n) is 9.50. The fourth-order valence-corrected chi connectivity index (χ4v) is 5.35. The minimum absolute atomic E-state index is 0. The zero-order valence-corrected chi connectivity index (χ0v) is 19.7. The highest BCUT2D eigenvalue weighted by Gasteiger charge is 2.29. The van der Waals surface area contributed by atoms with Crippen molar-refractivity contribution in [2.75, 3.05) is 56.5 Å². The molecule has 1 aromatic heterocycles. The minimum atomic E-state index is 0. The highest BCUT2D eigenvalue weighted by molar-refractivity contribution is 8.14. The van der Waals surface area contributed by atoms with Crippen LogP contribution in [0.5, 0.6) is 0 Å². The van der Waals surface area contributed by atoms with Gasteiger partial charge >= 0.3 is 0 Å². The molecule has 1 fully saturated rings. The number of benzene rings is 1. The highest BCUT2D eigenvalue weighted by Crippen LogP contribution is 2.47. The van der Waals surface area contributed by atoms with E-state index in [0.29, 0.717) is 0 Å². The lowest BCUT2D eigenvalue weighted by Crippen LogP contribution is -2.47. The molecule has 0 aliphatic carbocycles. The minimum Gasteiger partial charge on any atom is -0.395 e. The fourth-order valence-electron chi connectivity index (χ4n) is 3.48. The summed E-state index contributed by atoms with van der Waals surface area (Å²) in [6.07, 6.45) is 1.74. The average Bonchev–Trinajstić information content (AvgIpc) is 2.73. The third-order valence-electron chi connectivity index (χ3n) is 4.99. The van der Waals surface area contributed by atoms with Gasteiger partial charge in [0.15, 0.2) is 5.82 Å². The van der Waals surface area contributed by atoms with Crippen LogP contribution in [-0.2, 0) is 0 Å². The topological polar surface area (TPSA) is 59.9 Å². The zero-order valence-electron chi connectivity index (χ0n) is 16.5. The number of para-hydroxylation sites is 1. The second kappa shape index (κ2) is 12.1. The van der Waals surface area contributed by atoms with Crippen LogP contribution in [0.1, 0.15) is 0 Å². The van der Waals surface area contributed by atoms with E-state index in [2.05, 4.69) is 14.8 Å². The van der Waals surface area contributed by atoms with Crippen molar-refractivity contribution in [2.24, 2.45) is 0 Å². The van der Waals surface area contributed by atoms with Gasteiger partial charge in [-0.15, -0.1) is 24.8 Å². The number of anilines is 2. The van der Waals surface area contributed by atoms with Crippen LogP contribution in [0.2, 0.25) is 0 Å². The monoisotopic (exact) mass is 488 g/mol. The molecule has 2 aromatic rings. The van der Waals surface area contributed by atoms with E-state index in [4.69, 9.17) is 5.11 Å². The number of fused-ring (bicyclic) bond motifs is 2. The molecule has 6 nitrogen and oxygen atoms in total. The molecule has 0 bridgehead atoms. The Hall–Kier alpha value is -1.00. The van der Waals surface area contributed by atoms with Crippen molar-refractivity contribution in [1.82, 2.24) is 14.8 Å². The van der Waals surface area contributed by atoms with E-state index in [0.717, 1.165) is 66.3 Å². The Morgan fingerprint density at radius 2 is 1.67 bits per heavy atom. The molecule has 3 heterocycles. The Balaban J connectivity index is 0.00000160. The molecular formula is C20H26Cl2N4O2S2. The summed E-state index contributed by atoms with van der Waals surface area (Å²) in [6, 6.07) is 11.9. The van der Waals surface area contributed by atoms with Gasteiger partial charge in [-0.05, 0) is 24.3 Å². The molecule has 0 saturated carbocycles. The Kier molecular flexibility index (Phi) is 10.2. The summed E-state index contributed by atoms with van der Waals surface area (Å²) in [5, 5.41) is 9.06. The number of piperazine rings is 1. The molecule has 30 heavy (non-hydrogen) atoms. The van der Waals surface area contributed by atoms with Crippen LogP contribution in [0.3, 0.4) is 0 Å². The van der Waals surface area contributed by atoms with Gasteiger partial charge in [0, 0.05) is 56.1 Å². The molecule has 1 amide bonds. The summed E-state index contributed by atoms with van der Waals surface area (Å²) in [4.78, 5) is 26.1. The summed E-state index contributed by atoms with van der Waals surface area (Å²) >= 11 is 3.02. The number of carbonyl (C=O) groups excluding carboxylic acids is 1. The lowest BCUT2D eigenvalue weighted by Gasteiger charge is -2.34. The molecule has 1 aromatic carbocycles. The van der Waals surface area contributed by atoms with Crippen molar-refractivity contribution in [3.05, 3.63) is 42.6 Å². The number of pyridine rings is 1. The molecule has 4 rings (SSSR count). The first-order chi connectivity index (χ1) is 13.8. The van der Waals surface area contributed by atoms with Gasteiger partial charge in [0.05, 0.1) is 17.2 Å². The number of aromatic nitrogens is 1. The van der Waals surface area contributed by atoms with Gasteiger partial charge in [-0.3, -0.25) is 19.5 Å². The standard InChI is InChI=1S/C20H24N4O2S2.2ClH/c25-14-12-22-8-10-23(11-9-22)13-15-27-20(26)24-16-4-1-2-5-17(16)28-18-6-3-7-21-19(18)24;;/h1-7,25H,8-15H2;2*1H. The Labute approximate surface area is 198 Å². The predicted molar refractivity (Wildman–Crippen MR) is 129 cm³/mol. The number of amides is 1. The van der Waals surface area contributed by atoms with Gasteiger partial charge < -0.3 is 5.11 Å². The summed E-state index contributed by atoms with van der Waals surface area (Å²) in [5.41, 5.74) is 0.911. The number of nitrogens with zero attached hydrogens (tertiary/aromatic N) is 4. The van der Waals surface area contributed by atoms with Gasteiger partial charge in [0.25, 0.3) is 5.24 Å². The van der Waals surface area contributed by atoms with Crippen molar-refractivity contribution in [2.45, 2.75) is 9.79 Å². The largest absolute Gasteiger partial charge is 0.395 e. The molecule has 0 atom stereocenters. The maximum atomic E-state index is 13.1. The Morgan fingerprint density at radius 3 is 2.40 bits per heavy atom. The Bertz CT molecular complexity index is 792. The molecule has 1 N–H and O–H groups in total. The summed E-state index contributed by atoms with van der Waals surface area (Å²) < 4.78 is 0. The maximum absolute atomic E-state index is 13.1. The molecule has 164 valence electrons. The van der Waals surface area contributed by atoms with E-state index in [1.54, 1.807) is 22.9 Å². The molecule has 0 spiro atoms. The fraction of sp³-hybridized carbons (Fsp3) is 0.400. The third-order valence-corrected chi connectivity index (χ3v) is 6.91. The maximum Gasteiger partial charge on any atom is 0.291 e. The van der Waals surface area contributed by atoms with Crippen molar-refractivity contribution in [3.8, 4) is 0 Å². The number of thioether (sulfide) groups is 1. The van der Waals surface area contributed by atoms with E-state index in [9.17, 15) is 4.79 Å². The van der Waals surface area contributed by atoms with Crippen LogP contribution < -0.4 is 4.90 Å². The number of aliphatic hydroxyl groups is 1. The average molecular weight is 489 g/mol. The van der Waals surface area contributed by atoms with E-state index >= 15 is 0 Å². The van der Waals surface area contributed by atoms with E-state index in [-0.39, 0.29) is 36.7 Å². The number of hydrogen-bond acceptors (Lipinski definition) is 7. The summed E-state index contributed by atoms with van der Waals surface area (Å²) in [7, 11) is 0. The van der Waals surface area contributed by atoms with Crippen molar-refractivity contribution >= 4 is 65.1 Å². The second-order valence-electron chi connectivity index (χ2n) is 6.75. The molecular weight excluding hydrogens is 463 g/mol. The lowest BCUT2D eigenvalue weighted by atomic mass is 10.3. The molecule has 10 heteroatoms. The number of rotatable bonds is 5. The van der Waals surface area contributed by atoms with Crippen LogP contribution in [0.4, 0.5) is 16.3 Å². The first kappa shape index (κ1) is 25.3. The quantitative estimate of drug-likeness (QED) is 0.682. The van der Waals surface area contributed by atoms with Gasteiger partial charge in [-0.2, -0.15) is 0 Å². The van der Waals surface area contributed by atoms with Crippen LogP contribution in [0, 0.1) is 0 Å². The summed E-state index contributed by atoms with van der Waals surface area (Å²) in [5.74, 6) is 1.48. The highest BCUT2D eigenvalue weighted by atomic mass is 35.5. The molecule has 2 aliphatic heterocycles.